The van der Waals surface area contributed by atoms with Gasteiger partial charge < -0.3 is 13.7 Å². The summed E-state index contributed by atoms with van der Waals surface area (Å²) in [7, 11) is 3.64. The minimum absolute atomic E-state index is 0.0488. The SMILES string of the molecule is CC[C@H]1C[C@@H](n2c(=O)nc(-c3cnn(C)c3)c3oc4c(F)cc(-c5cn(C)cn5)cc4c32)CCO1. The molecule has 1 saturated heterocycles. The Kier molecular flexibility index (Phi) is 5.06. The van der Waals surface area contributed by atoms with Gasteiger partial charge in [0.1, 0.15) is 11.2 Å². The molecule has 10 heteroatoms. The van der Waals surface area contributed by atoms with E-state index >= 15 is 4.39 Å². The van der Waals surface area contributed by atoms with Crippen LogP contribution in [0.15, 0.2) is 46.3 Å². The lowest BCUT2D eigenvalue weighted by molar-refractivity contribution is -0.00709. The van der Waals surface area contributed by atoms with Crippen LogP contribution in [0.2, 0.25) is 0 Å². The normalized spacial score (nSPS) is 18.6. The van der Waals surface area contributed by atoms with Crippen LogP contribution in [-0.4, -0.2) is 41.6 Å². The highest BCUT2D eigenvalue weighted by Crippen LogP contribution is 2.39. The fraction of sp³-hybridized carbons (Fsp3) is 0.360. The zero-order valence-electron chi connectivity index (χ0n) is 19.7. The molecule has 9 nitrogen and oxygen atoms in total. The molecule has 5 heterocycles. The maximum Gasteiger partial charge on any atom is 0.349 e. The van der Waals surface area contributed by atoms with E-state index in [0.29, 0.717) is 58.4 Å². The zero-order valence-corrected chi connectivity index (χ0v) is 19.7. The van der Waals surface area contributed by atoms with Crippen LogP contribution >= 0.6 is 0 Å². The molecule has 2 atom stereocenters. The third-order valence-corrected chi connectivity index (χ3v) is 6.73. The number of hydrogen-bond donors (Lipinski definition) is 0. The Morgan fingerprint density at radius 1 is 1.17 bits per heavy atom. The highest BCUT2D eigenvalue weighted by Gasteiger charge is 2.29. The summed E-state index contributed by atoms with van der Waals surface area (Å²) < 4.78 is 32.5. The van der Waals surface area contributed by atoms with E-state index in [-0.39, 0.29) is 17.7 Å². The van der Waals surface area contributed by atoms with Crippen LogP contribution in [0.1, 0.15) is 32.2 Å². The fourth-order valence-electron chi connectivity index (χ4n) is 5.01. The van der Waals surface area contributed by atoms with Gasteiger partial charge in [0.15, 0.2) is 17.0 Å². The molecule has 35 heavy (non-hydrogen) atoms. The number of imidazole rings is 1. The van der Waals surface area contributed by atoms with E-state index in [2.05, 4.69) is 22.0 Å². The third kappa shape index (κ3) is 3.56. The van der Waals surface area contributed by atoms with Crippen molar-refractivity contribution in [2.45, 2.75) is 38.3 Å². The molecule has 4 aromatic heterocycles. The average Bonchev–Trinajstić information content (AvgIpc) is 3.57. The minimum Gasteiger partial charge on any atom is -0.449 e. The van der Waals surface area contributed by atoms with Crippen LogP contribution in [0.4, 0.5) is 4.39 Å². The number of furan rings is 1. The molecule has 0 saturated carbocycles. The maximum atomic E-state index is 15.4. The fourth-order valence-corrected chi connectivity index (χ4v) is 5.01. The highest BCUT2D eigenvalue weighted by molar-refractivity contribution is 6.08. The molecule has 0 radical (unpaired) electrons. The minimum atomic E-state index is -0.520. The summed E-state index contributed by atoms with van der Waals surface area (Å²) in [5, 5.41) is 4.73. The number of aryl methyl sites for hydroxylation is 2. The molecule has 1 aliphatic rings. The molecule has 0 unspecified atom stereocenters. The van der Waals surface area contributed by atoms with Crippen molar-refractivity contribution in [1.29, 1.82) is 0 Å². The monoisotopic (exact) mass is 476 g/mol. The lowest BCUT2D eigenvalue weighted by atomic mass is 10.0. The van der Waals surface area contributed by atoms with Gasteiger partial charge in [0, 0.05) is 55.7 Å². The molecule has 1 aromatic carbocycles. The molecular formula is C25H25FN6O3. The maximum absolute atomic E-state index is 15.4. The Morgan fingerprint density at radius 2 is 2.03 bits per heavy atom. The topological polar surface area (TPSA) is 92.9 Å². The molecule has 0 amide bonds. The third-order valence-electron chi connectivity index (χ3n) is 6.73. The Labute approximate surface area is 199 Å². The number of aromatic nitrogens is 6. The summed E-state index contributed by atoms with van der Waals surface area (Å²) in [6.07, 6.45) is 9.10. The molecule has 0 N–H and O–H groups in total. The quantitative estimate of drug-likeness (QED) is 0.386. The van der Waals surface area contributed by atoms with Gasteiger partial charge in [0.2, 0.25) is 0 Å². The summed E-state index contributed by atoms with van der Waals surface area (Å²) in [5.74, 6) is -0.520. The number of halogens is 1. The Morgan fingerprint density at radius 3 is 2.74 bits per heavy atom. The van der Waals surface area contributed by atoms with Gasteiger partial charge in [-0.3, -0.25) is 9.25 Å². The van der Waals surface area contributed by atoms with E-state index in [1.165, 1.54) is 6.07 Å². The van der Waals surface area contributed by atoms with Crippen LogP contribution in [0, 0.1) is 5.82 Å². The van der Waals surface area contributed by atoms with Crippen LogP contribution < -0.4 is 5.69 Å². The molecule has 6 rings (SSSR count). The molecule has 1 fully saturated rings. The summed E-state index contributed by atoms with van der Waals surface area (Å²) >= 11 is 0. The second kappa shape index (κ2) is 8.16. The summed E-state index contributed by atoms with van der Waals surface area (Å²) in [6.45, 7) is 2.61. The van der Waals surface area contributed by atoms with Crippen LogP contribution in [-0.2, 0) is 18.8 Å². The second-order valence-corrected chi connectivity index (χ2v) is 9.13. The van der Waals surface area contributed by atoms with Crippen molar-refractivity contribution in [1.82, 2.24) is 28.9 Å². The number of rotatable bonds is 4. The smallest absolute Gasteiger partial charge is 0.349 e. The van der Waals surface area contributed by atoms with Crippen LogP contribution in [0.25, 0.3) is 44.6 Å². The largest absolute Gasteiger partial charge is 0.449 e. The van der Waals surface area contributed by atoms with E-state index < -0.39 is 11.5 Å². The Hall–Kier alpha value is -3.79. The van der Waals surface area contributed by atoms with Crippen LogP contribution in [0.3, 0.4) is 0 Å². The number of benzene rings is 1. The average molecular weight is 477 g/mol. The van der Waals surface area contributed by atoms with Gasteiger partial charge in [-0.05, 0) is 31.4 Å². The van der Waals surface area contributed by atoms with Gasteiger partial charge in [-0.1, -0.05) is 6.92 Å². The van der Waals surface area contributed by atoms with Crippen molar-refractivity contribution in [3.63, 3.8) is 0 Å². The van der Waals surface area contributed by atoms with Gasteiger partial charge >= 0.3 is 5.69 Å². The van der Waals surface area contributed by atoms with E-state index in [1.54, 1.807) is 39.6 Å². The van der Waals surface area contributed by atoms with Gasteiger partial charge in [0.25, 0.3) is 0 Å². The van der Waals surface area contributed by atoms with Crippen molar-refractivity contribution in [2.75, 3.05) is 6.61 Å². The van der Waals surface area contributed by atoms with E-state index in [0.717, 1.165) is 6.42 Å². The van der Waals surface area contributed by atoms with Crippen molar-refractivity contribution >= 4 is 22.1 Å². The van der Waals surface area contributed by atoms with Crippen molar-refractivity contribution in [3.8, 4) is 22.5 Å². The first kappa shape index (κ1) is 21.7. The second-order valence-electron chi connectivity index (χ2n) is 9.13. The number of ether oxygens (including phenoxy) is 1. The number of hydrogen-bond acceptors (Lipinski definition) is 6. The Bertz CT molecular complexity index is 1630. The molecular weight excluding hydrogens is 451 g/mol. The molecule has 0 aliphatic carbocycles. The zero-order chi connectivity index (χ0) is 24.3. The number of fused-ring (bicyclic) bond motifs is 3. The molecule has 0 spiro atoms. The summed E-state index contributed by atoms with van der Waals surface area (Å²) in [4.78, 5) is 22.3. The van der Waals surface area contributed by atoms with Gasteiger partial charge in [-0.15, -0.1) is 0 Å². The van der Waals surface area contributed by atoms with Crippen molar-refractivity contribution in [2.24, 2.45) is 14.1 Å². The van der Waals surface area contributed by atoms with Crippen molar-refractivity contribution < 1.29 is 13.5 Å². The highest BCUT2D eigenvalue weighted by atomic mass is 19.1. The first-order valence-corrected chi connectivity index (χ1v) is 11.7. The molecule has 5 aromatic rings. The lowest BCUT2D eigenvalue weighted by Crippen LogP contribution is -2.34. The van der Waals surface area contributed by atoms with E-state index in [9.17, 15) is 4.79 Å². The van der Waals surface area contributed by atoms with Gasteiger partial charge in [0.05, 0.1) is 24.3 Å². The predicted octanol–water partition coefficient (Wildman–Crippen LogP) is 4.21. The van der Waals surface area contributed by atoms with Gasteiger partial charge in [-0.25, -0.2) is 14.2 Å². The molecule has 0 bridgehead atoms. The predicted molar refractivity (Wildman–Crippen MR) is 128 cm³/mol. The summed E-state index contributed by atoms with van der Waals surface area (Å²) in [6, 6.07) is 3.11. The first-order chi connectivity index (χ1) is 16.9. The van der Waals surface area contributed by atoms with Crippen LogP contribution in [0.5, 0.6) is 0 Å². The molecule has 1 aliphatic heterocycles. The summed E-state index contributed by atoms with van der Waals surface area (Å²) in [5.41, 5.74) is 2.81. The van der Waals surface area contributed by atoms with Crippen molar-refractivity contribution in [3.05, 3.63) is 53.4 Å². The van der Waals surface area contributed by atoms with E-state index in [1.807, 2.05) is 19.3 Å². The standard InChI is InChI=1S/C25H25FN6O3/c1-4-17-9-16(5-6-34-17)32-22-18-7-14(20-12-30(2)13-27-20)8-19(26)23(18)35-24(22)21(29-25(32)33)15-10-28-31(3)11-15/h7-8,10-13,16-17H,4-6,9H2,1-3H3/t16-,17-/m0/s1. The first-order valence-electron chi connectivity index (χ1n) is 11.7. The molecule has 180 valence electrons. The lowest BCUT2D eigenvalue weighted by Gasteiger charge is -2.30. The number of nitrogens with zero attached hydrogens (tertiary/aromatic N) is 6. The van der Waals surface area contributed by atoms with E-state index in [4.69, 9.17) is 9.15 Å². The van der Waals surface area contributed by atoms with Gasteiger partial charge in [-0.2, -0.15) is 10.1 Å². The Balaban J connectivity index is 1.68.